The van der Waals surface area contributed by atoms with Gasteiger partial charge in [-0.1, -0.05) is 17.8 Å². The average molecular weight is 464 g/mol. The molecular weight excluding hydrogens is 438 g/mol. The lowest BCUT2D eigenvalue weighted by molar-refractivity contribution is -0.138. The van der Waals surface area contributed by atoms with E-state index in [0.29, 0.717) is 23.6 Å². The monoisotopic (exact) mass is 463 g/mol. The van der Waals surface area contributed by atoms with E-state index in [-0.39, 0.29) is 18.7 Å². The SMILES string of the molecule is CCOC(=O)C1=C(CSc2nnc(-c3cccs3)n2C[C@@H]2CCCO2)NC(=O)N[C@H]1C. The van der Waals surface area contributed by atoms with Gasteiger partial charge in [-0.05, 0) is 38.1 Å². The lowest BCUT2D eigenvalue weighted by atomic mass is 10.1. The molecule has 0 spiro atoms. The summed E-state index contributed by atoms with van der Waals surface area (Å²) < 4.78 is 13.1. The van der Waals surface area contributed by atoms with Gasteiger partial charge in [0, 0.05) is 18.1 Å². The molecule has 2 aromatic heterocycles. The summed E-state index contributed by atoms with van der Waals surface area (Å²) in [5.41, 5.74) is 0.960. The van der Waals surface area contributed by atoms with Crippen LogP contribution in [0.5, 0.6) is 0 Å². The Labute approximate surface area is 188 Å². The second kappa shape index (κ2) is 9.84. The van der Waals surface area contributed by atoms with Gasteiger partial charge in [0.15, 0.2) is 11.0 Å². The van der Waals surface area contributed by atoms with E-state index < -0.39 is 12.0 Å². The number of urea groups is 1. The Morgan fingerprint density at radius 2 is 2.32 bits per heavy atom. The molecule has 2 N–H and O–H groups in total. The number of carbonyl (C=O) groups is 2. The first kappa shape index (κ1) is 21.8. The molecular formula is C20H25N5O4S2. The van der Waals surface area contributed by atoms with Crippen LogP contribution in [0, 0.1) is 0 Å². The number of thiophene rings is 1. The molecule has 166 valence electrons. The Morgan fingerprint density at radius 1 is 1.45 bits per heavy atom. The minimum atomic E-state index is -0.435. The smallest absolute Gasteiger partial charge is 0.337 e. The summed E-state index contributed by atoms with van der Waals surface area (Å²) in [6.07, 6.45) is 2.18. The van der Waals surface area contributed by atoms with E-state index in [0.717, 1.165) is 35.3 Å². The quantitative estimate of drug-likeness (QED) is 0.458. The van der Waals surface area contributed by atoms with Crippen molar-refractivity contribution in [2.45, 2.75) is 50.5 Å². The summed E-state index contributed by atoms with van der Waals surface area (Å²) in [5.74, 6) is 0.730. The third kappa shape index (κ3) is 4.94. The molecule has 0 aromatic carbocycles. The summed E-state index contributed by atoms with van der Waals surface area (Å²) in [6, 6.07) is 3.23. The molecule has 0 saturated carbocycles. The van der Waals surface area contributed by atoms with Crippen molar-refractivity contribution in [3.63, 3.8) is 0 Å². The first-order chi connectivity index (χ1) is 15.1. The van der Waals surface area contributed by atoms with Crippen LogP contribution in [0.4, 0.5) is 4.79 Å². The molecule has 4 rings (SSSR count). The first-order valence-electron chi connectivity index (χ1n) is 10.3. The van der Waals surface area contributed by atoms with Crippen LogP contribution in [0.3, 0.4) is 0 Å². The molecule has 31 heavy (non-hydrogen) atoms. The van der Waals surface area contributed by atoms with E-state index in [9.17, 15) is 9.59 Å². The van der Waals surface area contributed by atoms with Crippen LogP contribution in [0.1, 0.15) is 26.7 Å². The molecule has 11 heteroatoms. The number of esters is 1. The molecule has 2 aliphatic heterocycles. The molecule has 2 amide bonds. The Kier molecular flexibility index (Phi) is 6.93. The predicted octanol–water partition coefficient (Wildman–Crippen LogP) is 2.80. The zero-order chi connectivity index (χ0) is 21.8. The molecule has 0 unspecified atom stereocenters. The maximum Gasteiger partial charge on any atom is 0.337 e. The number of rotatable bonds is 8. The van der Waals surface area contributed by atoms with Crippen molar-refractivity contribution in [3.05, 3.63) is 28.8 Å². The van der Waals surface area contributed by atoms with Gasteiger partial charge in [-0.15, -0.1) is 21.5 Å². The van der Waals surface area contributed by atoms with Crippen molar-refractivity contribution in [2.75, 3.05) is 19.0 Å². The van der Waals surface area contributed by atoms with Gasteiger partial charge in [0.25, 0.3) is 0 Å². The Bertz CT molecular complexity index is 966. The zero-order valence-electron chi connectivity index (χ0n) is 17.4. The molecule has 1 fully saturated rings. The molecule has 9 nitrogen and oxygen atoms in total. The number of aromatic nitrogens is 3. The number of hydrogen-bond acceptors (Lipinski definition) is 8. The standard InChI is InChI=1S/C20H25N5O4S2/c1-3-28-18(26)16-12(2)21-19(27)22-14(16)11-31-20-24-23-17(15-7-5-9-30-15)25(20)10-13-6-4-8-29-13/h5,7,9,12-13H,3-4,6,8,10-11H2,1-2H3,(H2,21,22,27)/t12-,13-/m0/s1. The fourth-order valence-corrected chi connectivity index (χ4v) is 5.30. The highest BCUT2D eigenvalue weighted by molar-refractivity contribution is 7.99. The maximum absolute atomic E-state index is 12.5. The molecule has 0 radical (unpaired) electrons. The summed E-state index contributed by atoms with van der Waals surface area (Å²) in [7, 11) is 0. The Hall–Kier alpha value is -2.37. The summed E-state index contributed by atoms with van der Waals surface area (Å²) in [4.78, 5) is 25.5. The second-order valence-corrected chi connectivity index (χ2v) is 9.14. The number of ether oxygens (including phenoxy) is 2. The highest BCUT2D eigenvalue weighted by Gasteiger charge is 2.30. The number of hydrogen-bond donors (Lipinski definition) is 2. The van der Waals surface area contributed by atoms with Crippen LogP contribution in [-0.4, -0.2) is 57.9 Å². The number of nitrogens with one attached hydrogen (secondary N) is 2. The van der Waals surface area contributed by atoms with Crippen molar-refractivity contribution in [3.8, 4) is 10.7 Å². The third-order valence-electron chi connectivity index (χ3n) is 5.08. The number of carbonyl (C=O) groups excluding carboxylic acids is 2. The van der Waals surface area contributed by atoms with Gasteiger partial charge >= 0.3 is 12.0 Å². The minimum Gasteiger partial charge on any atom is -0.463 e. The van der Waals surface area contributed by atoms with E-state index in [1.807, 2.05) is 17.5 Å². The van der Waals surface area contributed by atoms with Gasteiger partial charge in [-0.25, -0.2) is 9.59 Å². The zero-order valence-corrected chi connectivity index (χ0v) is 19.1. The van der Waals surface area contributed by atoms with E-state index >= 15 is 0 Å². The van der Waals surface area contributed by atoms with Crippen LogP contribution in [-0.2, 0) is 20.8 Å². The van der Waals surface area contributed by atoms with Gasteiger partial charge in [0.05, 0.1) is 35.7 Å². The normalized spacial score (nSPS) is 21.2. The molecule has 1 saturated heterocycles. The second-order valence-electron chi connectivity index (χ2n) is 7.25. The van der Waals surface area contributed by atoms with Gasteiger partial charge < -0.3 is 20.1 Å². The summed E-state index contributed by atoms with van der Waals surface area (Å²) >= 11 is 3.04. The van der Waals surface area contributed by atoms with Crippen LogP contribution in [0.15, 0.2) is 33.9 Å². The average Bonchev–Trinajstić information content (AvgIpc) is 3.49. The van der Waals surface area contributed by atoms with Crippen LogP contribution in [0.25, 0.3) is 10.7 Å². The number of thioether (sulfide) groups is 1. The highest BCUT2D eigenvalue weighted by atomic mass is 32.2. The topological polar surface area (TPSA) is 107 Å². The Balaban J connectivity index is 1.60. The van der Waals surface area contributed by atoms with Crippen molar-refractivity contribution in [2.24, 2.45) is 0 Å². The third-order valence-corrected chi connectivity index (χ3v) is 6.94. The molecule has 2 aliphatic rings. The van der Waals surface area contributed by atoms with Gasteiger partial charge in [-0.2, -0.15) is 0 Å². The maximum atomic E-state index is 12.5. The van der Waals surface area contributed by atoms with Crippen LogP contribution < -0.4 is 10.6 Å². The van der Waals surface area contributed by atoms with Crippen LogP contribution in [0.2, 0.25) is 0 Å². The first-order valence-corrected chi connectivity index (χ1v) is 12.1. The lowest BCUT2D eigenvalue weighted by Crippen LogP contribution is -2.49. The predicted molar refractivity (Wildman–Crippen MR) is 118 cm³/mol. The van der Waals surface area contributed by atoms with Crippen LogP contribution >= 0.6 is 23.1 Å². The van der Waals surface area contributed by atoms with Crippen molar-refractivity contribution < 1.29 is 19.1 Å². The molecule has 4 heterocycles. The highest BCUT2D eigenvalue weighted by Crippen LogP contribution is 2.30. The van der Waals surface area contributed by atoms with E-state index in [4.69, 9.17) is 9.47 Å². The summed E-state index contributed by atoms with van der Waals surface area (Å²) in [6.45, 7) is 5.23. The van der Waals surface area contributed by atoms with Gasteiger partial charge in [0.2, 0.25) is 0 Å². The van der Waals surface area contributed by atoms with Gasteiger partial charge in [0.1, 0.15) is 0 Å². The van der Waals surface area contributed by atoms with Crippen molar-refractivity contribution in [1.82, 2.24) is 25.4 Å². The number of nitrogens with zero attached hydrogens (tertiary/aromatic N) is 3. The molecule has 2 aromatic rings. The van der Waals surface area contributed by atoms with E-state index in [1.165, 1.54) is 11.8 Å². The summed E-state index contributed by atoms with van der Waals surface area (Å²) in [5, 5.41) is 17.0. The Morgan fingerprint density at radius 3 is 3.03 bits per heavy atom. The van der Waals surface area contributed by atoms with Crippen molar-refractivity contribution >= 4 is 35.1 Å². The van der Waals surface area contributed by atoms with Gasteiger partial charge in [-0.3, -0.25) is 4.57 Å². The lowest BCUT2D eigenvalue weighted by Gasteiger charge is -2.26. The molecule has 2 atom stereocenters. The fraction of sp³-hybridized carbons (Fsp3) is 0.500. The number of amides is 2. The molecule has 0 aliphatic carbocycles. The molecule has 0 bridgehead atoms. The van der Waals surface area contributed by atoms with E-state index in [2.05, 4.69) is 25.4 Å². The van der Waals surface area contributed by atoms with Crippen molar-refractivity contribution in [1.29, 1.82) is 0 Å². The fourth-order valence-electron chi connectivity index (χ4n) is 3.67. The largest absolute Gasteiger partial charge is 0.463 e. The van der Waals surface area contributed by atoms with E-state index in [1.54, 1.807) is 25.2 Å². The minimum absolute atomic E-state index is 0.127.